The number of carbonyl (C=O) groups excluding carboxylic acids is 3. The number of anilines is 1. The number of nitro groups is 1. The summed E-state index contributed by atoms with van der Waals surface area (Å²) in [6.07, 6.45) is 2.46. The molecule has 0 aromatic carbocycles. The minimum absolute atomic E-state index is 0.0333. The Hall–Kier alpha value is -3.28. The summed E-state index contributed by atoms with van der Waals surface area (Å²) >= 11 is 0.854. The number of nitrogens with zero attached hydrogens (tertiary/aromatic N) is 3. The SMILES string of the molecule is CCC(C(=O)Nc1sc(C(N)=O)c(C)c1C(=O)OC)n1cc([N+](=O)[O-])cn1. The average Bonchev–Trinajstić information content (AvgIpc) is 3.20. The zero-order valence-electron chi connectivity index (χ0n) is 14.7. The van der Waals surface area contributed by atoms with E-state index < -0.39 is 28.7 Å². The van der Waals surface area contributed by atoms with Crippen molar-refractivity contribution in [2.75, 3.05) is 12.4 Å². The summed E-state index contributed by atoms with van der Waals surface area (Å²) < 4.78 is 5.87. The normalized spacial score (nSPS) is 11.7. The minimum Gasteiger partial charge on any atom is -0.465 e. The van der Waals surface area contributed by atoms with Crippen LogP contribution in [0.5, 0.6) is 0 Å². The number of nitrogens with one attached hydrogen (secondary N) is 1. The molecule has 27 heavy (non-hydrogen) atoms. The number of ether oxygens (including phenoxy) is 1. The predicted octanol–water partition coefficient (Wildman–Crippen LogP) is 1.64. The number of nitrogens with two attached hydrogens (primary N) is 1. The van der Waals surface area contributed by atoms with E-state index in [1.807, 2.05) is 0 Å². The molecule has 0 radical (unpaired) electrons. The van der Waals surface area contributed by atoms with Gasteiger partial charge in [0.25, 0.3) is 5.91 Å². The highest BCUT2D eigenvalue weighted by Crippen LogP contribution is 2.34. The van der Waals surface area contributed by atoms with Crippen molar-refractivity contribution in [3.63, 3.8) is 0 Å². The van der Waals surface area contributed by atoms with Crippen LogP contribution in [0.3, 0.4) is 0 Å². The molecule has 0 bridgehead atoms. The van der Waals surface area contributed by atoms with Gasteiger partial charge in [0.05, 0.1) is 22.5 Å². The number of aromatic nitrogens is 2. The summed E-state index contributed by atoms with van der Waals surface area (Å²) in [5.41, 5.74) is 5.39. The topological polar surface area (TPSA) is 159 Å². The molecule has 11 nitrogen and oxygen atoms in total. The van der Waals surface area contributed by atoms with E-state index in [1.165, 1.54) is 18.7 Å². The van der Waals surface area contributed by atoms with Crippen molar-refractivity contribution in [2.24, 2.45) is 5.73 Å². The Morgan fingerprint density at radius 1 is 1.48 bits per heavy atom. The summed E-state index contributed by atoms with van der Waals surface area (Å²) in [5.74, 6) is -2.02. The number of thiophene rings is 1. The second kappa shape index (κ2) is 7.95. The van der Waals surface area contributed by atoms with E-state index >= 15 is 0 Å². The molecule has 1 atom stereocenters. The highest BCUT2D eigenvalue weighted by Gasteiger charge is 2.28. The highest BCUT2D eigenvalue weighted by molar-refractivity contribution is 7.18. The van der Waals surface area contributed by atoms with Crippen LogP contribution in [0.25, 0.3) is 0 Å². The quantitative estimate of drug-likeness (QED) is 0.409. The fourth-order valence-electron chi connectivity index (χ4n) is 2.46. The van der Waals surface area contributed by atoms with Crippen LogP contribution in [0, 0.1) is 17.0 Å². The van der Waals surface area contributed by atoms with Crippen LogP contribution in [0.15, 0.2) is 12.4 Å². The molecular weight excluding hydrogens is 378 g/mol. The molecule has 2 amide bonds. The molecule has 1 unspecified atom stereocenters. The van der Waals surface area contributed by atoms with Gasteiger partial charge in [0.2, 0.25) is 5.91 Å². The second-order valence-corrected chi connectivity index (χ2v) is 6.49. The molecule has 2 aromatic rings. The third-order valence-electron chi connectivity index (χ3n) is 3.80. The number of amides is 2. The monoisotopic (exact) mass is 395 g/mol. The molecule has 0 aliphatic rings. The van der Waals surface area contributed by atoms with Gasteiger partial charge < -0.3 is 15.8 Å². The number of primary amides is 1. The summed E-state index contributed by atoms with van der Waals surface area (Å²) in [6.45, 7) is 3.22. The first-order chi connectivity index (χ1) is 12.7. The molecule has 144 valence electrons. The van der Waals surface area contributed by atoms with Gasteiger partial charge in [-0.1, -0.05) is 6.92 Å². The lowest BCUT2D eigenvalue weighted by Crippen LogP contribution is -2.26. The van der Waals surface area contributed by atoms with E-state index in [0.29, 0.717) is 5.56 Å². The minimum atomic E-state index is -0.858. The molecule has 0 saturated heterocycles. The maximum Gasteiger partial charge on any atom is 0.341 e. The van der Waals surface area contributed by atoms with E-state index in [2.05, 4.69) is 10.4 Å². The lowest BCUT2D eigenvalue weighted by Gasteiger charge is -2.15. The standard InChI is InChI=1S/C15H17N5O6S/c1-4-9(19-6-8(5-17-19)20(24)25)13(22)18-14-10(15(23)26-3)7(2)11(27-14)12(16)21/h5-6,9H,4H2,1-3H3,(H2,16,21)(H,18,22). The fraction of sp³-hybridized carbons (Fsp3) is 0.333. The Kier molecular flexibility index (Phi) is 5.90. The fourth-order valence-corrected chi connectivity index (χ4v) is 3.51. The molecule has 0 saturated carbocycles. The van der Waals surface area contributed by atoms with Gasteiger partial charge in [-0.2, -0.15) is 5.10 Å². The Labute approximate surface area is 157 Å². The summed E-state index contributed by atoms with van der Waals surface area (Å²) in [7, 11) is 1.17. The highest BCUT2D eigenvalue weighted by atomic mass is 32.1. The molecule has 3 N–H and O–H groups in total. The van der Waals surface area contributed by atoms with E-state index in [1.54, 1.807) is 6.92 Å². The molecule has 12 heteroatoms. The number of esters is 1. The average molecular weight is 395 g/mol. The Balaban J connectivity index is 2.37. The Morgan fingerprint density at radius 3 is 2.63 bits per heavy atom. The molecule has 0 fully saturated rings. The van der Waals surface area contributed by atoms with Crippen molar-refractivity contribution in [3.8, 4) is 0 Å². The van der Waals surface area contributed by atoms with Crippen LogP contribution in [-0.4, -0.2) is 39.6 Å². The number of hydrogen-bond acceptors (Lipinski definition) is 8. The zero-order chi connectivity index (χ0) is 20.3. The van der Waals surface area contributed by atoms with E-state index in [9.17, 15) is 24.5 Å². The number of methoxy groups -OCH3 is 1. The largest absolute Gasteiger partial charge is 0.465 e. The maximum absolute atomic E-state index is 12.7. The zero-order valence-corrected chi connectivity index (χ0v) is 15.5. The van der Waals surface area contributed by atoms with E-state index in [0.717, 1.165) is 23.7 Å². The first-order valence-corrected chi connectivity index (χ1v) is 8.53. The number of rotatable bonds is 7. The van der Waals surface area contributed by atoms with E-state index in [4.69, 9.17) is 10.5 Å². The molecule has 0 aliphatic carbocycles. The summed E-state index contributed by atoms with van der Waals surface area (Å²) in [5, 5.41) is 17.3. The van der Waals surface area contributed by atoms with Crippen LogP contribution in [-0.2, 0) is 9.53 Å². The third kappa shape index (κ3) is 3.95. The van der Waals surface area contributed by atoms with Crippen LogP contribution in [0.1, 0.15) is 45.0 Å². The molecular formula is C15H17N5O6S. The van der Waals surface area contributed by atoms with Gasteiger partial charge in [0.15, 0.2) is 0 Å². The van der Waals surface area contributed by atoms with Gasteiger partial charge >= 0.3 is 11.7 Å². The molecule has 2 aromatic heterocycles. The predicted molar refractivity (Wildman–Crippen MR) is 95.8 cm³/mol. The first kappa shape index (κ1) is 20.0. The van der Waals surface area contributed by atoms with E-state index in [-0.39, 0.29) is 27.5 Å². The van der Waals surface area contributed by atoms with Crippen molar-refractivity contribution in [1.82, 2.24) is 9.78 Å². The number of hydrogen-bond donors (Lipinski definition) is 2. The first-order valence-electron chi connectivity index (χ1n) is 7.72. The smallest absolute Gasteiger partial charge is 0.341 e. The van der Waals surface area contributed by atoms with Gasteiger partial charge in [-0.15, -0.1) is 11.3 Å². The Morgan fingerprint density at radius 2 is 2.15 bits per heavy atom. The van der Waals surface area contributed by atoms with Gasteiger partial charge in [0, 0.05) is 0 Å². The van der Waals surface area contributed by atoms with Crippen molar-refractivity contribution in [1.29, 1.82) is 0 Å². The number of carbonyl (C=O) groups is 3. The van der Waals surface area contributed by atoms with Gasteiger partial charge in [0.1, 0.15) is 23.4 Å². The molecule has 0 spiro atoms. The molecule has 2 heterocycles. The van der Waals surface area contributed by atoms with Crippen molar-refractivity contribution in [3.05, 3.63) is 38.5 Å². The molecule has 0 aliphatic heterocycles. The van der Waals surface area contributed by atoms with Crippen LogP contribution >= 0.6 is 11.3 Å². The van der Waals surface area contributed by atoms with Crippen molar-refractivity contribution >= 4 is 39.8 Å². The van der Waals surface area contributed by atoms with Gasteiger partial charge in [-0.3, -0.25) is 24.4 Å². The summed E-state index contributed by atoms with van der Waals surface area (Å²) in [6, 6.07) is -0.858. The Bertz CT molecular complexity index is 918. The van der Waals surface area contributed by atoms with Gasteiger partial charge in [-0.05, 0) is 18.9 Å². The maximum atomic E-state index is 12.7. The third-order valence-corrected chi connectivity index (χ3v) is 5.03. The van der Waals surface area contributed by atoms with Crippen LogP contribution in [0.2, 0.25) is 0 Å². The molecule has 2 rings (SSSR count). The lowest BCUT2D eigenvalue weighted by molar-refractivity contribution is -0.385. The summed E-state index contributed by atoms with van der Waals surface area (Å²) in [4.78, 5) is 46.6. The second-order valence-electron chi connectivity index (χ2n) is 5.47. The van der Waals surface area contributed by atoms with Crippen LogP contribution < -0.4 is 11.1 Å². The lowest BCUT2D eigenvalue weighted by atomic mass is 10.1. The van der Waals surface area contributed by atoms with Crippen molar-refractivity contribution < 1.29 is 24.0 Å². The van der Waals surface area contributed by atoms with Crippen molar-refractivity contribution in [2.45, 2.75) is 26.3 Å². The van der Waals surface area contributed by atoms with Crippen LogP contribution in [0.4, 0.5) is 10.7 Å². The van der Waals surface area contributed by atoms with Gasteiger partial charge in [-0.25, -0.2) is 4.79 Å².